The molecule has 1 aliphatic heterocycles. The number of carbonyl (C=O) groups excluding carboxylic acids is 1. The van der Waals surface area contributed by atoms with Crippen molar-refractivity contribution in [2.75, 3.05) is 6.61 Å². The van der Waals surface area contributed by atoms with Gasteiger partial charge in [-0.25, -0.2) is 5.43 Å². The molecular formula is C26H36N2O2. The number of ether oxygens (including phenoxy) is 1. The Hall–Kier alpha value is -2.33. The molecule has 2 aromatic carbocycles. The van der Waals surface area contributed by atoms with Crippen LogP contribution in [0, 0.1) is 0 Å². The standard InChI is InChI=1S/C26H36N2O2/c1-4-5-6-7-8-9-10-11-17-30-22-15-16-23-20(18-22)13-12-14-21(23)19-24-25(29)27-28-26(24,2)3/h12-16,18-19,28H,4-11,17H2,1-3H3,(H,27,29)/b24-19+. The minimum absolute atomic E-state index is 0.0673. The second kappa shape index (κ2) is 10.6. The molecule has 1 heterocycles. The van der Waals surface area contributed by atoms with Crippen molar-refractivity contribution in [1.82, 2.24) is 10.9 Å². The molecule has 2 aromatic rings. The zero-order chi connectivity index (χ0) is 21.4. The van der Waals surface area contributed by atoms with E-state index in [1.807, 2.05) is 32.1 Å². The summed E-state index contributed by atoms with van der Waals surface area (Å²) in [4.78, 5) is 12.2. The van der Waals surface area contributed by atoms with Gasteiger partial charge in [0.2, 0.25) is 0 Å². The molecule has 0 radical (unpaired) electrons. The smallest absolute Gasteiger partial charge is 0.263 e. The van der Waals surface area contributed by atoms with Gasteiger partial charge in [0, 0.05) is 5.57 Å². The van der Waals surface area contributed by atoms with Crippen molar-refractivity contribution in [3.05, 3.63) is 47.5 Å². The topological polar surface area (TPSA) is 50.4 Å². The average Bonchev–Trinajstić information content (AvgIpc) is 2.99. The van der Waals surface area contributed by atoms with E-state index < -0.39 is 5.54 Å². The van der Waals surface area contributed by atoms with E-state index in [1.54, 1.807) is 0 Å². The molecule has 4 heteroatoms. The van der Waals surface area contributed by atoms with Gasteiger partial charge in [0.15, 0.2) is 0 Å². The van der Waals surface area contributed by atoms with Crippen LogP contribution in [0.2, 0.25) is 0 Å². The van der Waals surface area contributed by atoms with Crippen molar-refractivity contribution in [2.45, 2.75) is 77.7 Å². The first-order chi connectivity index (χ1) is 14.5. The lowest BCUT2D eigenvalue weighted by Gasteiger charge is -2.17. The van der Waals surface area contributed by atoms with Crippen LogP contribution in [0.1, 0.15) is 77.7 Å². The summed E-state index contributed by atoms with van der Waals surface area (Å²) in [6, 6.07) is 12.4. The molecule has 2 N–H and O–H groups in total. The maximum absolute atomic E-state index is 12.2. The number of amides is 1. The third-order valence-corrected chi connectivity index (χ3v) is 5.86. The second-order valence-electron chi connectivity index (χ2n) is 8.82. The van der Waals surface area contributed by atoms with Crippen molar-refractivity contribution in [3.8, 4) is 5.75 Å². The van der Waals surface area contributed by atoms with Crippen LogP contribution in [-0.2, 0) is 4.79 Å². The summed E-state index contributed by atoms with van der Waals surface area (Å²) in [5.74, 6) is 0.846. The van der Waals surface area contributed by atoms with Gasteiger partial charge in [-0.3, -0.25) is 10.2 Å². The number of hydrazine groups is 1. The van der Waals surface area contributed by atoms with E-state index in [0.29, 0.717) is 0 Å². The summed E-state index contributed by atoms with van der Waals surface area (Å²) in [7, 11) is 0. The van der Waals surface area contributed by atoms with E-state index in [4.69, 9.17) is 4.74 Å². The Labute approximate surface area is 181 Å². The number of nitrogens with one attached hydrogen (secondary N) is 2. The van der Waals surface area contributed by atoms with Crippen molar-refractivity contribution in [2.24, 2.45) is 0 Å². The molecule has 0 aliphatic carbocycles. The quantitative estimate of drug-likeness (QED) is 0.346. The summed E-state index contributed by atoms with van der Waals surface area (Å²) in [5.41, 5.74) is 7.14. The molecule has 3 rings (SSSR count). The van der Waals surface area contributed by atoms with Gasteiger partial charge < -0.3 is 4.74 Å². The average molecular weight is 409 g/mol. The Balaban J connectivity index is 1.57. The van der Waals surface area contributed by atoms with Gasteiger partial charge in [-0.2, -0.15) is 0 Å². The van der Waals surface area contributed by atoms with Gasteiger partial charge in [-0.05, 0) is 54.8 Å². The molecule has 1 saturated heterocycles. The summed E-state index contributed by atoms with van der Waals surface area (Å²) in [6.07, 6.45) is 12.4. The van der Waals surface area contributed by atoms with E-state index >= 15 is 0 Å². The minimum atomic E-state index is -0.391. The molecule has 0 bridgehead atoms. The van der Waals surface area contributed by atoms with Crippen LogP contribution in [0.3, 0.4) is 0 Å². The van der Waals surface area contributed by atoms with Crippen molar-refractivity contribution < 1.29 is 9.53 Å². The maximum atomic E-state index is 12.2. The first-order valence-corrected chi connectivity index (χ1v) is 11.5. The molecule has 0 aromatic heterocycles. The van der Waals surface area contributed by atoms with E-state index in [-0.39, 0.29) is 5.91 Å². The lowest BCUT2D eigenvalue weighted by molar-refractivity contribution is -0.116. The second-order valence-corrected chi connectivity index (χ2v) is 8.82. The van der Waals surface area contributed by atoms with Gasteiger partial charge in [-0.1, -0.05) is 76.1 Å². The fraction of sp³-hybridized carbons (Fsp3) is 0.500. The summed E-state index contributed by atoms with van der Waals surface area (Å²) < 4.78 is 5.99. The lowest BCUT2D eigenvalue weighted by atomic mass is 9.92. The molecule has 4 nitrogen and oxygen atoms in total. The van der Waals surface area contributed by atoms with Gasteiger partial charge >= 0.3 is 0 Å². The van der Waals surface area contributed by atoms with Crippen LogP contribution in [0.25, 0.3) is 16.8 Å². The third-order valence-electron chi connectivity index (χ3n) is 5.86. The lowest BCUT2D eigenvalue weighted by Crippen LogP contribution is -2.38. The van der Waals surface area contributed by atoms with Crippen molar-refractivity contribution in [3.63, 3.8) is 0 Å². The number of hydrogen-bond donors (Lipinski definition) is 2. The molecule has 30 heavy (non-hydrogen) atoms. The monoisotopic (exact) mass is 408 g/mol. The van der Waals surface area contributed by atoms with E-state index in [0.717, 1.165) is 40.7 Å². The molecule has 0 atom stereocenters. The zero-order valence-corrected chi connectivity index (χ0v) is 18.7. The van der Waals surface area contributed by atoms with Crippen LogP contribution in [0.4, 0.5) is 0 Å². The molecule has 162 valence electrons. The zero-order valence-electron chi connectivity index (χ0n) is 18.7. The molecule has 0 unspecified atom stereocenters. The van der Waals surface area contributed by atoms with Crippen molar-refractivity contribution in [1.29, 1.82) is 0 Å². The Kier molecular flexibility index (Phi) is 7.92. The fourth-order valence-electron chi connectivity index (χ4n) is 3.96. The molecule has 0 spiro atoms. The number of rotatable bonds is 11. The molecule has 1 fully saturated rings. The first-order valence-electron chi connectivity index (χ1n) is 11.5. The van der Waals surface area contributed by atoms with Gasteiger partial charge in [0.25, 0.3) is 5.91 Å². The van der Waals surface area contributed by atoms with Crippen LogP contribution in [0.5, 0.6) is 5.75 Å². The first kappa shape index (κ1) is 22.4. The van der Waals surface area contributed by atoms with E-state index in [9.17, 15) is 4.79 Å². The van der Waals surface area contributed by atoms with E-state index in [1.165, 1.54) is 44.9 Å². The highest BCUT2D eigenvalue weighted by Crippen LogP contribution is 2.29. The number of fused-ring (bicyclic) bond motifs is 1. The largest absolute Gasteiger partial charge is 0.494 e. The highest BCUT2D eigenvalue weighted by molar-refractivity contribution is 6.04. The Morgan fingerprint density at radius 3 is 2.40 bits per heavy atom. The van der Waals surface area contributed by atoms with E-state index in [2.05, 4.69) is 42.0 Å². The molecule has 1 amide bonds. The van der Waals surface area contributed by atoms with Gasteiger partial charge in [0.05, 0.1) is 12.1 Å². The minimum Gasteiger partial charge on any atom is -0.494 e. The number of hydrogen-bond acceptors (Lipinski definition) is 3. The van der Waals surface area contributed by atoms with Gasteiger partial charge in [-0.15, -0.1) is 0 Å². The number of unbranched alkanes of at least 4 members (excludes halogenated alkanes) is 7. The maximum Gasteiger partial charge on any atom is 0.263 e. The SMILES string of the molecule is CCCCCCCCCCOc1ccc2c(/C=C3\C(=O)NNC3(C)C)cccc2c1. The Morgan fingerprint density at radius 1 is 0.967 bits per heavy atom. The number of benzene rings is 2. The summed E-state index contributed by atoms with van der Waals surface area (Å²) >= 11 is 0. The fourth-order valence-corrected chi connectivity index (χ4v) is 3.96. The number of carbonyl (C=O) groups is 1. The highest BCUT2D eigenvalue weighted by atomic mass is 16.5. The Morgan fingerprint density at radius 2 is 1.70 bits per heavy atom. The van der Waals surface area contributed by atoms with Crippen LogP contribution in [-0.4, -0.2) is 18.1 Å². The predicted molar refractivity (Wildman–Crippen MR) is 125 cm³/mol. The Bertz CT molecular complexity index is 886. The van der Waals surface area contributed by atoms with Crippen LogP contribution < -0.4 is 15.6 Å². The predicted octanol–water partition coefficient (Wildman–Crippen LogP) is 6.16. The molecular weight excluding hydrogens is 372 g/mol. The molecule has 0 saturated carbocycles. The highest BCUT2D eigenvalue weighted by Gasteiger charge is 2.34. The summed E-state index contributed by atoms with van der Waals surface area (Å²) in [6.45, 7) is 7.02. The molecule has 1 aliphatic rings. The van der Waals surface area contributed by atoms with Crippen LogP contribution in [0.15, 0.2) is 42.0 Å². The third kappa shape index (κ3) is 5.85. The summed E-state index contributed by atoms with van der Waals surface area (Å²) in [5, 5.41) is 2.25. The van der Waals surface area contributed by atoms with Crippen molar-refractivity contribution >= 4 is 22.8 Å². The van der Waals surface area contributed by atoms with Gasteiger partial charge in [0.1, 0.15) is 5.75 Å². The van der Waals surface area contributed by atoms with Crippen LogP contribution >= 0.6 is 0 Å². The normalized spacial score (nSPS) is 16.9.